The van der Waals surface area contributed by atoms with Gasteiger partial charge in [0, 0.05) is 17.3 Å². The Kier molecular flexibility index (Phi) is 6.26. The van der Waals surface area contributed by atoms with Gasteiger partial charge in [-0.1, -0.05) is 62.6 Å². The lowest BCUT2D eigenvalue weighted by molar-refractivity contribution is 0.162. The van der Waals surface area contributed by atoms with Crippen LogP contribution in [0.25, 0.3) is 0 Å². The third kappa shape index (κ3) is 4.43. The van der Waals surface area contributed by atoms with E-state index in [0.29, 0.717) is 12.1 Å². The topological polar surface area (TPSA) is 32.3 Å². The molecule has 0 heterocycles. The molecule has 1 saturated carbocycles. The summed E-state index contributed by atoms with van der Waals surface area (Å²) >= 11 is 0. The Balaban J connectivity index is 1.82. The molecule has 0 unspecified atom stereocenters. The fraction of sp³-hybridized carbons (Fsp3) is 0.409. The first-order valence-electron chi connectivity index (χ1n) is 9.58. The van der Waals surface area contributed by atoms with E-state index in [4.69, 9.17) is 0 Å². The molecule has 1 N–H and O–H groups in total. The third-order valence-corrected chi connectivity index (χ3v) is 5.21. The summed E-state index contributed by atoms with van der Waals surface area (Å²) in [5.74, 6) is -0.255. The zero-order chi connectivity index (χ0) is 18.4. The molecule has 0 atom stereocenters. The van der Waals surface area contributed by atoms with Gasteiger partial charge in [0.2, 0.25) is 0 Å². The SMILES string of the molecule is CCc1ccccc1NC(=O)N(Cc1ccccc1F)C1CCCCC1. The number of urea groups is 1. The minimum Gasteiger partial charge on any atom is -0.317 e. The maximum atomic E-state index is 14.2. The van der Waals surface area contributed by atoms with Crippen LogP contribution >= 0.6 is 0 Å². The van der Waals surface area contributed by atoms with Gasteiger partial charge in [-0.3, -0.25) is 0 Å². The van der Waals surface area contributed by atoms with E-state index in [1.165, 1.54) is 12.5 Å². The van der Waals surface area contributed by atoms with E-state index in [2.05, 4.69) is 12.2 Å². The van der Waals surface area contributed by atoms with Crippen LogP contribution in [0.15, 0.2) is 48.5 Å². The maximum absolute atomic E-state index is 14.2. The van der Waals surface area contributed by atoms with E-state index >= 15 is 0 Å². The van der Waals surface area contributed by atoms with Gasteiger partial charge in [0.05, 0.1) is 6.54 Å². The van der Waals surface area contributed by atoms with Gasteiger partial charge in [-0.05, 0) is 37.0 Å². The predicted molar refractivity (Wildman–Crippen MR) is 104 cm³/mol. The van der Waals surface area contributed by atoms with Gasteiger partial charge in [-0.15, -0.1) is 0 Å². The number of nitrogens with zero attached hydrogens (tertiary/aromatic N) is 1. The highest BCUT2D eigenvalue weighted by Crippen LogP contribution is 2.26. The van der Waals surface area contributed by atoms with Crippen molar-refractivity contribution < 1.29 is 9.18 Å². The molecule has 1 aliphatic rings. The molecular formula is C22H27FN2O. The van der Waals surface area contributed by atoms with Gasteiger partial charge in [-0.2, -0.15) is 0 Å². The average Bonchev–Trinajstić information content (AvgIpc) is 2.68. The summed E-state index contributed by atoms with van der Waals surface area (Å²) in [6, 6.07) is 14.6. The van der Waals surface area contributed by atoms with Crippen molar-refractivity contribution in [3.63, 3.8) is 0 Å². The van der Waals surface area contributed by atoms with Crippen molar-refractivity contribution in [1.82, 2.24) is 4.90 Å². The Hall–Kier alpha value is -2.36. The monoisotopic (exact) mass is 354 g/mol. The molecule has 138 valence electrons. The van der Waals surface area contributed by atoms with Crippen molar-refractivity contribution in [3.05, 3.63) is 65.5 Å². The number of aryl methyl sites for hydroxylation is 1. The van der Waals surface area contributed by atoms with Crippen LogP contribution in [0.1, 0.15) is 50.2 Å². The zero-order valence-corrected chi connectivity index (χ0v) is 15.4. The van der Waals surface area contributed by atoms with Crippen LogP contribution in [0, 0.1) is 5.82 Å². The molecule has 3 rings (SSSR count). The summed E-state index contributed by atoms with van der Waals surface area (Å²) in [5.41, 5.74) is 2.52. The van der Waals surface area contributed by atoms with Crippen molar-refractivity contribution in [2.75, 3.05) is 5.32 Å². The van der Waals surface area contributed by atoms with Gasteiger partial charge in [-0.25, -0.2) is 9.18 Å². The summed E-state index contributed by atoms with van der Waals surface area (Å²) in [5, 5.41) is 3.06. The van der Waals surface area contributed by atoms with Crippen LogP contribution in [0.4, 0.5) is 14.9 Å². The van der Waals surface area contributed by atoms with Gasteiger partial charge < -0.3 is 10.2 Å². The predicted octanol–water partition coefficient (Wildman–Crippen LogP) is 5.75. The van der Waals surface area contributed by atoms with E-state index in [0.717, 1.165) is 43.4 Å². The van der Waals surface area contributed by atoms with Crippen LogP contribution in [-0.4, -0.2) is 17.0 Å². The Labute approximate surface area is 155 Å². The number of rotatable bonds is 5. The fourth-order valence-corrected chi connectivity index (χ4v) is 3.71. The summed E-state index contributed by atoms with van der Waals surface area (Å²) in [6.07, 6.45) is 6.28. The van der Waals surface area contributed by atoms with Crippen LogP contribution < -0.4 is 5.32 Å². The Morgan fingerprint density at radius 2 is 1.69 bits per heavy atom. The maximum Gasteiger partial charge on any atom is 0.322 e. The summed E-state index contributed by atoms with van der Waals surface area (Å²) in [4.78, 5) is 14.9. The first kappa shape index (κ1) is 18.4. The summed E-state index contributed by atoms with van der Waals surface area (Å²) in [7, 11) is 0. The highest BCUT2D eigenvalue weighted by atomic mass is 19.1. The standard InChI is InChI=1S/C22H27FN2O/c1-2-17-10-7-9-15-21(17)24-22(26)25(19-12-4-3-5-13-19)16-18-11-6-8-14-20(18)23/h6-11,14-15,19H,2-5,12-13,16H2,1H3,(H,24,26). The minimum absolute atomic E-state index is 0.138. The average molecular weight is 354 g/mol. The molecule has 2 amide bonds. The number of amides is 2. The van der Waals surface area contributed by atoms with E-state index < -0.39 is 0 Å². The molecule has 0 bridgehead atoms. The van der Waals surface area contributed by atoms with Gasteiger partial charge in [0.15, 0.2) is 0 Å². The van der Waals surface area contributed by atoms with Crippen LogP contribution in [0.2, 0.25) is 0 Å². The second-order valence-electron chi connectivity index (χ2n) is 6.95. The summed E-state index contributed by atoms with van der Waals surface area (Å²) < 4.78 is 14.2. The van der Waals surface area contributed by atoms with Crippen molar-refractivity contribution >= 4 is 11.7 Å². The highest BCUT2D eigenvalue weighted by molar-refractivity contribution is 5.90. The fourth-order valence-electron chi connectivity index (χ4n) is 3.71. The number of carbonyl (C=O) groups excluding carboxylic acids is 1. The minimum atomic E-state index is -0.255. The van der Waals surface area contributed by atoms with Crippen molar-refractivity contribution in [1.29, 1.82) is 0 Å². The van der Waals surface area contributed by atoms with Gasteiger partial charge in [0.25, 0.3) is 0 Å². The number of anilines is 1. The number of benzene rings is 2. The molecule has 0 radical (unpaired) electrons. The number of halogens is 1. The second-order valence-corrected chi connectivity index (χ2v) is 6.95. The molecule has 2 aromatic carbocycles. The molecule has 1 aliphatic carbocycles. The summed E-state index contributed by atoms with van der Waals surface area (Å²) in [6.45, 7) is 2.38. The highest BCUT2D eigenvalue weighted by Gasteiger charge is 2.26. The number of para-hydroxylation sites is 1. The molecule has 0 aliphatic heterocycles. The lowest BCUT2D eigenvalue weighted by atomic mass is 9.94. The molecule has 0 spiro atoms. The Morgan fingerprint density at radius 1 is 1.04 bits per heavy atom. The van der Waals surface area contributed by atoms with E-state index in [-0.39, 0.29) is 17.9 Å². The molecule has 26 heavy (non-hydrogen) atoms. The number of hydrogen-bond acceptors (Lipinski definition) is 1. The number of carbonyl (C=O) groups is 1. The molecule has 0 aromatic heterocycles. The van der Waals surface area contributed by atoms with E-state index in [1.54, 1.807) is 12.1 Å². The molecule has 2 aromatic rings. The van der Waals surface area contributed by atoms with Crippen molar-refractivity contribution in [2.24, 2.45) is 0 Å². The van der Waals surface area contributed by atoms with Crippen LogP contribution in [0.5, 0.6) is 0 Å². The second kappa shape index (κ2) is 8.84. The lowest BCUT2D eigenvalue weighted by Gasteiger charge is -2.34. The Morgan fingerprint density at radius 3 is 2.38 bits per heavy atom. The van der Waals surface area contributed by atoms with Crippen LogP contribution in [0.3, 0.4) is 0 Å². The normalized spacial score (nSPS) is 14.8. The largest absolute Gasteiger partial charge is 0.322 e. The molecular weight excluding hydrogens is 327 g/mol. The molecule has 0 saturated heterocycles. The van der Waals surface area contributed by atoms with E-state index in [9.17, 15) is 9.18 Å². The molecule has 4 heteroatoms. The van der Waals surface area contributed by atoms with Crippen LogP contribution in [-0.2, 0) is 13.0 Å². The first-order chi connectivity index (χ1) is 12.7. The molecule has 3 nitrogen and oxygen atoms in total. The lowest BCUT2D eigenvalue weighted by Crippen LogP contribution is -2.43. The van der Waals surface area contributed by atoms with Gasteiger partial charge in [0.1, 0.15) is 5.82 Å². The molecule has 1 fully saturated rings. The number of nitrogens with one attached hydrogen (secondary N) is 1. The number of hydrogen-bond donors (Lipinski definition) is 1. The van der Waals surface area contributed by atoms with Crippen molar-refractivity contribution in [3.8, 4) is 0 Å². The Bertz CT molecular complexity index is 740. The van der Waals surface area contributed by atoms with E-state index in [1.807, 2.05) is 35.2 Å². The smallest absolute Gasteiger partial charge is 0.317 e. The first-order valence-corrected chi connectivity index (χ1v) is 9.58. The van der Waals surface area contributed by atoms with Gasteiger partial charge >= 0.3 is 6.03 Å². The quantitative estimate of drug-likeness (QED) is 0.728. The third-order valence-electron chi connectivity index (χ3n) is 5.21. The van der Waals surface area contributed by atoms with Crippen molar-refractivity contribution in [2.45, 2.75) is 58.0 Å². The zero-order valence-electron chi connectivity index (χ0n) is 15.4.